The lowest BCUT2D eigenvalue weighted by molar-refractivity contribution is -0.0242. The smallest absolute Gasteiger partial charge is 0.110 e. The maximum absolute atomic E-state index is 5.18. The van der Waals surface area contributed by atoms with Crippen LogP contribution in [-0.4, -0.2) is 4.98 Å². The van der Waals surface area contributed by atoms with Gasteiger partial charge in [0.05, 0.1) is 0 Å². The third-order valence-electron chi connectivity index (χ3n) is 1.98. The second-order valence-electron chi connectivity index (χ2n) is 3.32. The van der Waals surface area contributed by atoms with Crippen molar-refractivity contribution in [2.75, 3.05) is 0 Å². The Balaban J connectivity index is 3.10. The number of pyridine rings is 1. The van der Waals surface area contributed by atoms with Crippen LogP contribution in [0.3, 0.4) is 0 Å². The monoisotopic (exact) mass is 166 g/mol. The molecule has 2 N–H and O–H groups in total. The van der Waals surface area contributed by atoms with E-state index < -0.39 is 5.60 Å². The van der Waals surface area contributed by atoms with Crippen molar-refractivity contribution in [2.24, 2.45) is 5.90 Å². The summed E-state index contributed by atoms with van der Waals surface area (Å²) in [7, 11) is 0. The summed E-state index contributed by atoms with van der Waals surface area (Å²) in [5, 5.41) is 0. The van der Waals surface area contributed by atoms with Crippen molar-refractivity contribution in [3.05, 3.63) is 29.6 Å². The van der Waals surface area contributed by atoms with Crippen LogP contribution in [0.4, 0.5) is 0 Å². The summed E-state index contributed by atoms with van der Waals surface area (Å²) in [4.78, 5) is 8.89. The molecule has 66 valence electrons. The second-order valence-corrected chi connectivity index (χ2v) is 3.32. The Hall–Kier alpha value is -0.930. The van der Waals surface area contributed by atoms with Gasteiger partial charge in [0.1, 0.15) is 5.60 Å². The van der Waals surface area contributed by atoms with Gasteiger partial charge in [0.2, 0.25) is 0 Å². The summed E-state index contributed by atoms with van der Waals surface area (Å²) >= 11 is 0. The van der Waals surface area contributed by atoms with E-state index in [0.717, 1.165) is 11.1 Å². The minimum absolute atomic E-state index is 0.460. The van der Waals surface area contributed by atoms with Crippen molar-refractivity contribution in [1.82, 2.24) is 4.98 Å². The van der Waals surface area contributed by atoms with Gasteiger partial charge >= 0.3 is 0 Å². The van der Waals surface area contributed by atoms with Gasteiger partial charge in [0, 0.05) is 18.0 Å². The van der Waals surface area contributed by atoms with Gasteiger partial charge in [-0.2, -0.15) is 0 Å². The molecule has 1 aromatic heterocycles. The standard InChI is InChI=1S/C9H14N2O/c1-7-4-5-11-6-8(7)9(2,3)12-10/h4-6H,10H2,1-3H3. The zero-order valence-corrected chi connectivity index (χ0v) is 7.66. The molecule has 0 aromatic carbocycles. The minimum Gasteiger partial charge on any atom is -0.294 e. The van der Waals surface area contributed by atoms with Gasteiger partial charge in [-0.15, -0.1) is 0 Å². The fourth-order valence-electron chi connectivity index (χ4n) is 1.16. The Bertz CT molecular complexity index is 271. The molecule has 3 heteroatoms. The fourth-order valence-corrected chi connectivity index (χ4v) is 1.16. The highest BCUT2D eigenvalue weighted by Gasteiger charge is 2.22. The first-order valence-corrected chi connectivity index (χ1v) is 3.87. The molecule has 0 saturated carbocycles. The van der Waals surface area contributed by atoms with Gasteiger partial charge in [0.25, 0.3) is 0 Å². The lowest BCUT2D eigenvalue weighted by atomic mass is 9.96. The number of aromatic nitrogens is 1. The lowest BCUT2D eigenvalue weighted by Crippen LogP contribution is -2.26. The largest absolute Gasteiger partial charge is 0.294 e. The molecule has 0 spiro atoms. The van der Waals surface area contributed by atoms with Crippen molar-refractivity contribution < 1.29 is 4.84 Å². The van der Waals surface area contributed by atoms with Crippen molar-refractivity contribution >= 4 is 0 Å². The molecule has 0 atom stereocenters. The summed E-state index contributed by atoms with van der Waals surface area (Å²) in [5.41, 5.74) is 1.70. The molecular weight excluding hydrogens is 152 g/mol. The molecule has 1 rings (SSSR count). The van der Waals surface area contributed by atoms with E-state index in [2.05, 4.69) is 4.98 Å². The predicted molar refractivity (Wildman–Crippen MR) is 47.3 cm³/mol. The number of nitrogens with zero attached hydrogens (tertiary/aromatic N) is 1. The fraction of sp³-hybridized carbons (Fsp3) is 0.444. The van der Waals surface area contributed by atoms with Crippen molar-refractivity contribution in [3.63, 3.8) is 0 Å². The van der Waals surface area contributed by atoms with E-state index in [9.17, 15) is 0 Å². The summed E-state index contributed by atoms with van der Waals surface area (Å²) in [5.74, 6) is 5.18. The molecule has 0 aliphatic rings. The first-order chi connectivity index (χ1) is 5.58. The van der Waals surface area contributed by atoms with Gasteiger partial charge in [0.15, 0.2) is 0 Å². The van der Waals surface area contributed by atoms with E-state index in [1.165, 1.54) is 0 Å². The Labute approximate surface area is 72.5 Å². The molecule has 12 heavy (non-hydrogen) atoms. The van der Waals surface area contributed by atoms with Gasteiger partial charge in [-0.05, 0) is 32.4 Å². The van der Waals surface area contributed by atoms with Crippen LogP contribution >= 0.6 is 0 Å². The van der Waals surface area contributed by atoms with Crippen molar-refractivity contribution in [3.8, 4) is 0 Å². The third-order valence-corrected chi connectivity index (χ3v) is 1.98. The van der Waals surface area contributed by atoms with Crippen molar-refractivity contribution in [2.45, 2.75) is 26.4 Å². The predicted octanol–water partition coefficient (Wildman–Crippen LogP) is 1.52. The highest BCUT2D eigenvalue weighted by atomic mass is 16.6. The third kappa shape index (κ3) is 1.62. The highest BCUT2D eigenvalue weighted by Crippen LogP contribution is 2.24. The molecule has 0 aliphatic heterocycles. The molecule has 0 aliphatic carbocycles. The summed E-state index contributed by atoms with van der Waals surface area (Å²) in [6.45, 7) is 5.84. The van der Waals surface area contributed by atoms with Gasteiger partial charge in [-0.1, -0.05) is 0 Å². The van der Waals surface area contributed by atoms with Gasteiger partial charge in [-0.25, -0.2) is 5.90 Å². The van der Waals surface area contributed by atoms with E-state index in [1.54, 1.807) is 12.4 Å². The molecule has 0 bridgehead atoms. The Morgan fingerprint density at radius 1 is 1.50 bits per heavy atom. The average Bonchev–Trinajstić information content (AvgIpc) is 2.05. The Morgan fingerprint density at radius 2 is 2.17 bits per heavy atom. The van der Waals surface area contributed by atoms with E-state index in [0.29, 0.717) is 0 Å². The SMILES string of the molecule is Cc1ccncc1C(C)(C)ON. The lowest BCUT2D eigenvalue weighted by Gasteiger charge is -2.23. The van der Waals surface area contributed by atoms with Crippen LogP contribution < -0.4 is 5.90 Å². The normalized spacial score (nSPS) is 11.7. The number of rotatable bonds is 2. The molecule has 0 unspecified atom stereocenters. The number of hydrogen-bond donors (Lipinski definition) is 1. The molecule has 1 heterocycles. The Morgan fingerprint density at radius 3 is 2.67 bits per heavy atom. The summed E-state index contributed by atoms with van der Waals surface area (Å²) in [6.07, 6.45) is 3.54. The quantitative estimate of drug-likeness (QED) is 0.677. The maximum atomic E-state index is 5.18. The van der Waals surface area contributed by atoms with Crippen LogP contribution in [0.1, 0.15) is 25.0 Å². The van der Waals surface area contributed by atoms with E-state index in [1.807, 2.05) is 26.8 Å². The zero-order chi connectivity index (χ0) is 9.19. The number of hydrogen-bond acceptors (Lipinski definition) is 3. The molecule has 0 fully saturated rings. The molecule has 1 aromatic rings. The van der Waals surface area contributed by atoms with Crippen LogP contribution in [0, 0.1) is 6.92 Å². The first-order valence-electron chi connectivity index (χ1n) is 3.87. The molecule has 0 saturated heterocycles. The molecule has 0 amide bonds. The van der Waals surface area contributed by atoms with Crippen LogP contribution in [-0.2, 0) is 10.4 Å². The highest BCUT2D eigenvalue weighted by molar-refractivity contribution is 5.26. The van der Waals surface area contributed by atoms with Crippen LogP contribution in [0.2, 0.25) is 0 Å². The maximum Gasteiger partial charge on any atom is 0.110 e. The topological polar surface area (TPSA) is 48.1 Å². The average molecular weight is 166 g/mol. The van der Waals surface area contributed by atoms with E-state index in [-0.39, 0.29) is 0 Å². The van der Waals surface area contributed by atoms with Crippen LogP contribution in [0.25, 0.3) is 0 Å². The van der Waals surface area contributed by atoms with Gasteiger partial charge in [-0.3, -0.25) is 9.82 Å². The second kappa shape index (κ2) is 3.21. The summed E-state index contributed by atoms with van der Waals surface area (Å²) < 4.78 is 0. The van der Waals surface area contributed by atoms with Gasteiger partial charge < -0.3 is 0 Å². The zero-order valence-electron chi connectivity index (χ0n) is 7.66. The summed E-state index contributed by atoms with van der Waals surface area (Å²) in [6, 6.07) is 1.94. The first kappa shape index (κ1) is 9.16. The van der Waals surface area contributed by atoms with Crippen LogP contribution in [0.5, 0.6) is 0 Å². The molecule has 3 nitrogen and oxygen atoms in total. The van der Waals surface area contributed by atoms with Crippen molar-refractivity contribution in [1.29, 1.82) is 0 Å². The molecular formula is C9H14N2O. The number of aryl methyl sites for hydroxylation is 1. The van der Waals surface area contributed by atoms with Crippen LogP contribution in [0.15, 0.2) is 18.5 Å². The minimum atomic E-state index is -0.460. The van der Waals surface area contributed by atoms with E-state index >= 15 is 0 Å². The Kier molecular flexibility index (Phi) is 2.45. The molecule has 0 radical (unpaired) electrons. The van der Waals surface area contributed by atoms with E-state index in [4.69, 9.17) is 10.7 Å². The number of nitrogens with two attached hydrogens (primary N) is 1.